The topological polar surface area (TPSA) is 101 Å². The third-order valence-electron chi connectivity index (χ3n) is 4.44. The van der Waals surface area contributed by atoms with Crippen molar-refractivity contribution in [2.24, 2.45) is 0 Å². The average Bonchev–Trinajstić information content (AvgIpc) is 3.40. The number of thiazole rings is 1. The summed E-state index contributed by atoms with van der Waals surface area (Å²) in [6.07, 6.45) is 3.37. The predicted octanol–water partition coefficient (Wildman–Crippen LogP) is 4.04. The van der Waals surface area contributed by atoms with E-state index in [-0.39, 0.29) is 6.04 Å². The van der Waals surface area contributed by atoms with Gasteiger partial charge in [-0.1, -0.05) is 6.42 Å². The molecule has 2 N–H and O–H groups in total. The summed E-state index contributed by atoms with van der Waals surface area (Å²) in [4.78, 5) is 14.3. The standard InChI is InChI=1S/C17H16N8S3/c1-2-6-18-12(3-1)14-15(21-16-20-9-27-25-16)22-17(24-23-14)28-10-4-5-11-13(7-10)26-8-19-11/h4-5,7-9,12,18H,1-3,6H2,(H,21,22,24,25). The molecule has 4 heterocycles. The van der Waals surface area contributed by atoms with Crippen LogP contribution in [0, 0.1) is 0 Å². The normalized spacial score (nSPS) is 17.1. The summed E-state index contributed by atoms with van der Waals surface area (Å²) in [5.74, 6) is 1.19. The molecule has 1 aromatic carbocycles. The molecule has 0 aliphatic carbocycles. The van der Waals surface area contributed by atoms with Crippen molar-refractivity contribution in [3.63, 3.8) is 0 Å². The van der Waals surface area contributed by atoms with Gasteiger partial charge in [0.05, 0.1) is 21.8 Å². The minimum Gasteiger partial charge on any atom is -0.308 e. The van der Waals surface area contributed by atoms with E-state index < -0.39 is 0 Å². The summed E-state index contributed by atoms with van der Waals surface area (Å²) >= 11 is 4.40. The molecule has 5 rings (SSSR count). The Morgan fingerprint density at radius 2 is 2.14 bits per heavy atom. The summed E-state index contributed by atoms with van der Waals surface area (Å²) < 4.78 is 5.38. The molecule has 0 bridgehead atoms. The van der Waals surface area contributed by atoms with Gasteiger partial charge in [-0.05, 0) is 60.9 Å². The molecule has 3 aromatic heterocycles. The third-order valence-corrected chi connectivity index (χ3v) is 6.55. The van der Waals surface area contributed by atoms with E-state index in [1.54, 1.807) is 16.8 Å². The van der Waals surface area contributed by atoms with E-state index in [1.807, 2.05) is 17.6 Å². The monoisotopic (exact) mass is 428 g/mol. The van der Waals surface area contributed by atoms with Crippen LogP contribution in [0.1, 0.15) is 31.0 Å². The Kier molecular flexibility index (Phi) is 5.12. The molecule has 1 aliphatic rings. The van der Waals surface area contributed by atoms with E-state index >= 15 is 0 Å². The Morgan fingerprint density at radius 3 is 3.00 bits per heavy atom. The van der Waals surface area contributed by atoms with Crippen LogP contribution in [0.25, 0.3) is 10.2 Å². The van der Waals surface area contributed by atoms with Gasteiger partial charge >= 0.3 is 0 Å². The van der Waals surface area contributed by atoms with E-state index in [9.17, 15) is 0 Å². The zero-order chi connectivity index (χ0) is 18.8. The number of hydrogen-bond donors (Lipinski definition) is 2. The summed E-state index contributed by atoms with van der Waals surface area (Å²) in [5, 5.41) is 16.2. The van der Waals surface area contributed by atoms with Gasteiger partial charge in [-0.15, -0.1) is 21.5 Å². The first-order valence-electron chi connectivity index (χ1n) is 8.88. The van der Waals surface area contributed by atoms with Crippen molar-refractivity contribution in [1.29, 1.82) is 0 Å². The molecule has 1 atom stereocenters. The maximum absolute atomic E-state index is 4.74. The molecular formula is C17H16N8S3. The van der Waals surface area contributed by atoms with Gasteiger partial charge < -0.3 is 10.6 Å². The molecule has 8 nitrogen and oxygen atoms in total. The van der Waals surface area contributed by atoms with Crippen molar-refractivity contribution in [2.75, 3.05) is 11.9 Å². The molecule has 142 valence electrons. The summed E-state index contributed by atoms with van der Waals surface area (Å²) in [5.41, 5.74) is 5.36. The Balaban J connectivity index is 1.46. The Bertz CT molecular complexity index is 1080. The molecule has 0 spiro atoms. The van der Waals surface area contributed by atoms with Gasteiger partial charge in [0, 0.05) is 4.90 Å². The number of rotatable bonds is 5. The second-order valence-electron chi connectivity index (χ2n) is 6.29. The van der Waals surface area contributed by atoms with Crippen molar-refractivity contribution >= 4 is 56.6 Å². The number of fused-ring (bicyclic) bond motifs is 1. The SMILES string of the molecule is c1nc(Nc2nc(Sc3ccc4ncsc4c3)nnc2C2CCCCN2)ns1. The molecular weight excluding hydrogens is 412 g/mol. The van der Waals surface area contributed by atoms with Gasteiger partial charge in [-0.3, -0.25) is 0 Å². The van der Waals surface area contributed by atoms with Gasteiger partial charge in [0.15, 0.2) is 5.82 Å². The van der Waals surface area contributed by atoms with Crippen LogP contribution in [0.4, 0.5) is 11.8 Å². The van der Waals surface area contributed by atoms with E-state index in [4.69, 9.17) is 4.98 Å². The lowest BCUT2D eigenvalue weighted by molar-refractivity contribution is 0.401. The average molecular weight is 429 g/mol. The minimum absolute atomic E-state index is 0.141. The highest BCUT2D eigenvalue weighted by Crippen LogP contribution is 2.32. The smallest absolute Gasteiger partial charge is 0.240 e. The quantitative estimate of drug-likeness (QED) is 0.487. The highest BCUT2D eigenvalue weighted by molar-refractivity contribution is 7.99. The summed E-state index contributed by atoms with van der Waals surface area (Å²) in [6, 6.07) is 6.29. The molecule has 0 saturated carbocycles. The molecule has 0 amide bonds. The maximum Gasteiger partial charge on any atom is 0.240 e. The lowest BCUT2D eigenvalue weighted by Crippen LogP contribution is -2.28. The van der Waals surface area contributed by atoms with E-state index in [0.29, 0.717) is 16.9 Å². The number of hydrogen-bond acceptors (Lipinski definition) is 11. The van der Waals surface area contributed by atoms with Gasteiger partial charge in [-0.25, -0.2) is 15.0 Å². The van der Waals surface area contributed by atoms with E-state index in [1.165, 1.54) is 36.1 Å². The lowest BCUT2D eigenvalue weighted by atomic mass is 10.0. The molecule has 4 aromatic rings. The first-order valence-corrected chi connectivity index (χ1v) is 11.4. The van der Waals surface area contributed by atoms with Gasteiger partial charge in [0.25, 0.3) is 0 Å². The van der Waals surface area contributed by atoms with Crippen LogP contribution in [0.3, 0.4) is 0 Å². The Hall–Kier alpha value is -2.21. The van der Waals surface area contributed by atoms with Crippen molar-refractivity contribution < 1.29 is 0 Å². The zero-order valence-electron chi connectivity index (χ0n) is 14.7. The second kappa shape index (κ2) is 8.03. The highest BCUT2D eigenvalue weighted by atomic mass is 32.2. The molecule has 11 heteroatoms. The number of benzene rings is 1. The van der Waals surface area contributed by atoms with Crippen LogP contribution in [-0.2, 0) is 0 Å². The second-order valence-corrected chi connectivity index (χ2v) is 8.83. The van der Waals surface area contributed by atoms with Crippen LogP contribution >= 0.6 is 34.6 Å². The minimum atomic E-state index is 0.141. The lowest BCUT2D eigenvalue weighted by Gasteiger charge is -2.23. The van der Waals surface area contributed by atoms with Crippen LogP contribution in [0.5, 0.6) is 0 Å². The van der Waals surface area contributed by atoms with E-state index in [0.717, 1.165) is 33.8 Å². The molecule has 1 saturated heterocycles. The van der Waals surface area contributed by atoms with Crippen molar-refractivity contribution in [3.05, 3.63) is 34.9 Å². The molecule has 1 unspecified atom stereocenters. The number of nitrogens with zero attached hydrogens (tertiary/aromatic N) is 6. The fourth-order valence-electron chi connectivity index (χ4n) is 3.11. The van der Waals surface area contributed by atoms with Gasteiger partial charge in [0.2, 0.25) is 11.1 Å². The fraction of sp³-hybridized carbons (Fsp3) is 0.294. The van der Waals surface area contributed by atoms with Crippen molar-refractivity contribution in [1.82, 2.24) is 34.8 Å². The van der Waals surface area contributed by atoms with Crippen molar-refractivity contribution in [2.45, 2.75) is 35.4 Å². The van der Waals surface area contributed by atoms with Crippen LogP contribution in [0.15, 0.2) is 39.3 Å². The highest BCUT2D eigenvalue weighted by Gasteiger charge is 2.22. The van der Waals surface area contributed by atoms with Gasteiger partial charge in [-0.2, -0.15) is 4.37 Å². The molecule has 28 heavy (non-hydrogen) atoms. The number of anilines is 2. The maximum atomic E-state index is 4.74. The number of aromatic nitrogens is 6. The number of nitrogens with one attached hydrogen (secondary N) is 2. The first-order chi connectivity index (χ1) is 13.8. The first kappa shape index (κ1) is 17.9. The van der Waals surface area contributed by atoms with Crippen molar-refractivity contribution in [3.8, 4) is 0 Å². The third kappa shape index (κ3) is 3.83. The largest absolute Gasteiger partial charge is 0.308 e. The molecule has 1 aliphatic heterocycles. The molecule has 0 radical (unpaired) electrons. The zero-order valence-corrected chi connectivity index (χ0v) is 17.2. The van der Waals surface area contributed by atoms with E-state index in [2.05, 4.69) is 41.2 Å². The number of piperidine rings is 1. The fourth-order valence-corrected chi connectivity index (χ4v) is 5.03. The molecule has 1 fully saturated rings. The van der Waals surface area contributed by atoms with Crippen LogP contribution < -0.4 is 10.6 Å². The Labute approximate surface area is 173 Å². The predicted molar refractivity (Wildman–Crippen MR) is 111 cm³/mol. The summed E-state index contributed by atoms with van der Waals surface area (Å²) in [7, 11) is 0. The summed E-state index contributed by atoms with van der Waals surface area (Å²) in [6.45, 7) is 0.978. The van der Waals surface area contributed by atoms with Gasteiger partial charge in [0.1, 0.15) is 11.2 Å². The van der Waals surface area contributed by atoms with Crippen LogP contribution in [-0.4, -0.2) is 36.1 Å². The van der Waals surface area contributed by atoms with Crippen LogP contribution in [0.2, 0.25) is 0 Å². The Morgan fingerprint density at radius 1 is 1.14 bits per heavy atom.